The summed E-state index contributed by atoms with van der Waals surface area (Å²) in [5.41, 5.74) is 1.65. The average Bonchev–Trinajstić information content (AvgIpc) is 3.33. The number of hydrogen-bond donors (Lipinski definition) is 1. The van der Waals surface area contributed by atoms with E-state index < -0.39 is 8.32 Å². The van der Waals surface area contributed by atoms with Crippen LogP contribution in [0.1, 0.15) is 27.2 Å². The zero-order valence-corrected chi connectivity index (χ0v) is 22.0. The van der Waals surface area contributed by atoms with E-state index in [2.05, 4.69) is 91.7 Å². The highest BCUT2D eigenvalue weighted by atomic mass is 28.4. The van der Waals surface area contributed by atoms with Crippen LogP contribution in [-0.4, -0.2) is 40.0 Å². The van der Waals surface area contributed by atoms with Gasteiger partial charge in [0, 0.05) is 44.4 Å². The maximum atomic E-state index is 11.3. The number of benzene rings is 3. The highest BCUT2D eigenvalue weighted by Crippen LogP contribution is 2.38. The van der Waals surface area contributed by atoms with Crippen molar-refractivity contribution >= 4 is 35.8 Å². The molecule has 7 heteroatoms. The van der Waals surface area contributed by atoms with E-state index in [9.17, 15) is 10.1 Å². The first-order chi connectivity index (χ1) is 16.8. The van der Waals surface area contributed by atoms with E-state index in [0.29, 0.717) is 18.2 Å². The summed E-state index contributed by atoms with van der Waals surface area (Å²) in [4.78, 5) is 13.3. The van der Waals surface area contributed by atoms with E-state index in [0.717, 1.165) is 25.2 Å². The van der Waals surface area contributed by atoms with Crippen LogP contribution in [0.3, 0.4) is 0 Å². The fourth-order valence-electron chi connectivity index (χ4n) is 5.29. The third-order valence-corrected chi connectivity index (χ3v) is 12.1. The standard InChI is InChI=1S/C28H35N3O3Si/c1-28(2,3)35(24-11-7-5-8-12-24,25-13-9-6-10-14-25)34-21-22-17-18-30(20-22)23-15-16-27(31(32)33)26(19-23)29-4/h5-16,19,22,29H,17-18,20-21H2,1-4H3/t22-/m1/s1. The Kier molecular flexibility index (Phi) is 7.28. The van der Waals surface area contributed by atoms with Gasteiger partial charge in [-0.2, -0.15) is 0 Å². The molecule has 0 unspecified atom stereocenters. The van der Waals surface area contributed by atoms with E-state index in [-0.39, 0.29) is 15.6 Å². The van der Waals surface area contributed by atoms with Gasteiger partial charge in [0.15, 0.2) is 0 Å². The van der Waals surface area contributed by atoms with E-state index in [1.54, 1.807) is 13.1 Å². The summed E-state index contributed by atoms with van der Waals surface area (Å²) >= 11 is 0. The molecule has 1 atom stereocenters. The van der Waals surface area contributed by atoms with Gasteiger partial charge in [-0.3, -0.25) is 10.1 Å². The van der Waals surface area contributed by atoms with Gasteiger partial charge in [0.25, 0.3) is 14.0 Å². The van der Waals surface area contributed by atoms with Crippen molar-refractivity contribution in [2.45, 2.75) is 32.2 Å². The van der Waals surface area contributed by atoms with Gasteiger partial charge in [0.1, 0.15) is 5.69 Å². The molecule has 1 saturated heterocycles. The van der Waals surface area contributed by atoms with Crippen LogP contribution in [0.4, 0.5) is 17.1 Å². The molecular formula is C28H35N3O3Si. The van der Waals surface area contributed by atoms with Crippen LogP contribution in [-0.2, 0) is 4.43 Å². The normalized spacial score (nSPS) is 16.3. The van der Waals surface area contributed by atoms with Crippen LogP contribution in [0.2, 0.25) is 5.04 Å². The van der Waals surface area contributed by atoms with E-state index in [1.165, 1.54) is 10.4 Å². The van der Waals surface area contributed by atoms with Gasteiger partial charge in [-0.1, -0.05) is 81.4 Å². The first kappa shape index (κ1) is 24.9. The van der Waals surface area contributed by atoms with Gasteiger partial charge in [-0.15, -0.1) is 0 Å². The molecule has 0 aliphatic carbocycles. The topological polar surface area (TPSA) is 67.6 Å². The molecule has 0 saturated carbocycles. The molecule has 0 amide bonds. The molecule has 3 aromatic carbocycles. The average molecular weight is 490 g/mol. The highest BCUT2D eigenvalue weighted by Gasteiger charge is 2.50. The molecule has 1 heterocycles. The largest absolute Gasteiger partial charge is 0.407 e. The number of nitrogens with one attached hydrogen (secondary N) is 1. The summed E-state index contributed by atoms with van der Waals surface area (Å²) in [6.45, 7) is 9.38. The van der Waals surface area contributed by atoms with Crippen LogP contribution >= 0.6 is 0 Å². The van der Waals surface area contributed by atoms with Crippen LogP contribution in [0.5, 0.6) is 0 Å². The summed E-state index contributed by atoms with van der Waals surface area (Å²) in [7, 11) is -0.838. The van der Waals surface area contributed by atoms with E-state index in [4.69, 9.17) is 4.43 Å². The lowest BCUT2D eigenvalue weighted by atomic mass is 10.1. The van der Waals surface area contributed by atoms with Crippen molar-refractivity contribution in [3.63, 3.8) is 0 Å². The smallest absolute Gasteiger partial charge is 0.292 e. The third-order valence-electron chi connectivity index (χ3n) is 7.05. The molecule has 0 radical (unpaired) electrons. The minimum atomic E-state index is -2.56. The molecular weight excluding hydrogens is 454 g/mol. The lowest BCUT2D eigenvalue weighted by molar-refractivity contribution is -0.383. The molecule has 3 aromatic rings. The Labute approximate surface area is 209 Å². The molecule has 4 rings (SSSR count). The predicted octanol–water partition coefficient (Wildman–Crippen LogP) is 5.04. The lowest BCUT2D eigenvalue weighted by Gasteiger charge is -2.43. The maximum Gasteiger partial charge on any atom is 0.292 e. The van der Waals surface area contributed by atoms with Crippen molar-refractivity contribution in [3.05, 3.63) is 89.0 Å². The van der Waals surface area contributed by atoms with Crippen LogP contribution in [0.25, 0.3) is 0 Å². The first-order valence-corrected chi connectivity index (χ1v) is 14.1. The molecule has 0 bridgehead atoms. The molecule has 6 nitrogen and oxygen atoms in total. The Hall–Kier alpha value is -3.16. The second-order valence-corrected chi connectivity index (χ2v) is 14.6. The first-order valence-electron chi connectivity index (χ1n) is 12.2. The monoisotopic (exact) mass is 489 g/mol. The van der Waals surface area contributed by atoms with Crippen molar-refractivity contribution in [2.75, 3.05) is 37.0 Å². The molecule has 1 aliphatic heterocycles. The van der Waals surface area contributed by atoms with Crippen molar-refractivity contribution in [1.29, 1.82) is 0 Å². The van der Waals surface area contributed by atoms with Crippen LogP contribution in [0, 0.1) is 16.0 Å². The lowest BCUT2D eigenvalue weighted by Crippen LogP contribution is -2.67. The zero-order valence-electron chi connectivity index (χ0n) is 21.0. The second-order valence-electron chi connectivity index (χ2n) is 10.3. The van der Waals surface area contributed by atoms with Crippen molar-refractivity contribution in [3.8, 4) is 0 Å². The van der Waals surface area contributed by atoms with E-state index >= 15 is 0 Å². The van der Waals surface area contributed by atoms with Gasteiger partial charge in [-0.25, -0.2) is 0 Å². The number of rotatable bonds is 8. The third kappa shape index (κ3) is 4.97. The van der Waals surface area contributed by atoms with Gasteiger partial charge < -0.3 is 14.6 Å². The number of nitro benzene ring substituents is 1. The minimum Gasteiger partial charge on any atom is -0.407 e. The molecule has 184 valence electrons. The van der Waals surface area contributed by atoms with Crippen molar-refractivity contribution in [2.24, 2.45) is 5.92 Å². The predicted molar refractivity (Wildman–Crippen MR) is 147 cm³/mol. The van der Waals surface area contributed by atoms with Crippen LogP contribution < -0.4 is 20.6 Å². The summed E-state index contributed by atoms with van der Waals surface area (Å²) in [5, 5.41) is 16.8. The molecule has 1 aliphatic rings. The van der Waals surface area contributed by atoms with Crippen molar-refractivity contribution in [1.82, 2.24) is 0 Å². The van der Waals surface area contributed by atoms with Gasteiger partial charge >= 0.3 is 0 Å². The van der Waals surface area contributed by atoms with Gasteiger partial charge in [0.05, 0.1) is 4.92 Å². The molecule has 1 N–H and O–H groups in total. The van der Waals surface area contributed by atoms with Gasteiger partial charge in [-0.05, 0) is 34.0 Å². The summed E-state index contributed by atoms with van der Waals surface area (Å²) < 4.78 is 7.14. The minimum absolute atomic E-state index is 0.0476. The highest BCUT2D eigenvalue weighted by molar-refractivity contribution is 6.99. The second kappa shape index (κ2) is 10.2. The van der Waals surface area contributed by atoms with Crippen LogP contribution in [0.15, 0.2) is 78.9 Å². The number of nitro groups is 1. The van der Waals surface area contributed by atoms with Gasteiger partial charge in [0.2, 0.25) is 0 Å². The fourth-order valence-corrected chi connectivity index (χ4v) is 9.93. The molecule has 1 fully saturated rings. The Bertz CT molecular complexity index is 1110. The summed E-state index contributed by atoms with van der Waals surface area (Å²) in [5.74, 6) is 0.393. The fraction of sp³-hybridized carbons (Fsp3) is 0.357. The Morgan fingerprint density at radius 2 is 1.63 bits per heavy atom. The molecule has 35 heavy (non-hydrogen) atoms. The van der Waals surface area contributed by atoms with E-state index in [1.807, 2.05) is 12.1 Å². The Morgan fingerprint density at radius 3 is 2.14 bits per heavy atom. The van der Waals surface area contributed by atoms with Crippen molar-refractivity contribution < 1.29 is 9.35 Å². The summed E-state index contributed by atoms with van der Waals surface area (Å²) in [6.07, 6.45) is 1.03. The number of anilines is 2. The Balaban J connectivity index is 1.58. The Morgan fingerprint density at radius 1 is 1.03 bits per heavy atom. The zero-order chi connectivity index (χ0) is 25.1. The molecule has 0 spiro atoms. The number of hydrogen-bond acceptors (Lipinski definition) is 5. The summed E-state index contributed by atoms with van der Waals surface area (Å²) in [6, 6.07) is 26.8. The quantitative estimate of drug-likeness (QED) is 0.273. The maximum absolute atomic E-state index is 11.3. The molecule has 0 aromatic heterocycles. The SMILES string of the molecule is CNc1cc(N2CC[C@@H](CO[Si](c3ccccc3)(c3ccccc3)C(C)(C)C)C2)ccc1[N+](=O)[O-]. The number of nitrogens with zero attached hydrogens (tertiary/aromatic N) is 2.